The van der Waals surface area contributed by atoms with E-state index in [-0.39, 0.29) is 23.7 Å². The number of amides is 4. The lowest BCUT2D eigenvalue weighted by Crippen LogP contribution is -2.69. The number of aliphatic hydroxyl groups is 1. The van der Waals surface area contributed by atoms with Crippen LogP contribution in [0.3, 0.4) is 0 Å². The zero-order valence-electron chi connectivity index (χ0n) is 23.6. The third-order valence-corrected chi connectivity index (χ3v) is 8.34. The highest BCUT2D eigenvalue weighted by Gasteiger charge is 2.65. The van der Waals surface area contributed by atoms with E-state index in [9.17, 15) is 29.4 Å². The number of phenolic OH excluding ortho intramolecular Hbond substituents is 1. The third kappa shape index (κ3) is 5.21. The van der Waals surface area contributed by atoms with Crippen LogP contribution >= 0.6 is 0 Å². The van der Waals surface area contributed by atoms with Gasteiger partial charge in [-0.25, -0.2) is 4.79 Å². The summed E-state index contributed by atoms with van der Waals surface area (Å²) in [5.41, 5.74) is 0.820. The van der Waals surface area contributed by atoms with Crippen molar-refractivity contribution >= 4 is 23.6 Å². The fourth-order valence-corrected chi connectivity index (χ4v) is 5.89. The number of rotatable bonds is 6. The summed E-state index contributed by atoms with van der Waals surface area (Å²) in [5.74, 6) is -3.15. The maximum atomic E-state index is 14.4. The Balaban J connectivity index is 1.83. The Hall–Kier alpha value is -3.76. The highest BCUT2D eigenvalue weighted by molar-refractivity contribution is 6.00. The monoisotopic (exact) mass is 551 g/mol. The highest BCUT2D eigenvalue weighted by atomic mass is 16.3. The van der Waals surface area contributed by atoms with Gasteiger partial charge in [-0.3, -0.25) is 14.4 Å². The van der Waals surface area contributed by atoms with Gasteiger partial charge in [0.2, 0.25) is 5.91 Å². The predicted octanol–water partition coefficient (Wildman–Crippen LogP) is 1.76. The number of nitrogens with zero attached hydrogens (tertiary/aromatic N) is 2. The molecule has 214 valence electrons. The second-order valence-corrected chi connectivity index (χ2v) is 11.5. The number of likely N-dealkylation sites (N-methyl/N-ethyl adjacent to an activating group) is 1. The highest BCUT2D eigenvalue weighted by Crippen LogP contribution is 2.36. The first-order valence-electron chi connectivity index (χ1n) is 13.7. The summed E-state index contributed by atoms with van der Waals surface area (Å²) in [6, 6.07) is 11.5. The van der Waals surface area contributed by atoms with Gasteiger partial charge in [0.25, 0.3) is 11.8 Å². The molecule has 10 heteroatoms. The van der Waals surface area contributed by atoms with Crippen molar-refractivity contribution in [2.24, 2.45) is 11.8 Å². The van der Waals surface area contributed by atoms with Crippen molar-refractivity contribution in [1.82, 2.24) is 15.6 Å². The van der Waals surface area contributed by atoms with E-state index in [0.717, 1.165) is 5.56 Å². The Bertz CT molecular complexity index is 1280. The molecular formula is C30H39N4O6+. The summed E-state index contributed by atoms with van der Waals surface area (Å²) in [5, 5.41) is 28.8. The van der Waals surface area contributed by atoms with Crippen molar-refractivity contribution in [3.05, 3.63) is 65.7 Å². The van der Waals surface area contributed by atoms with E-state index in [1.54, 1.807) is 33.0 Å². The fraction of sp³-hybridized carbons (Fsp3) is 0.467. The van der Waals surface area contributed by atoms with E-state index < -0.39 is 64.4 Å². The van der Waals surface area contributed by atoms with Crippen LogP contribution in [0.25, 0.3) is 0 Å². The maximum absolute atomic E-state index is 14.4. The number of carbonyl (C=O) groups is 4. The van der Waals surface area contributed by atoms with Crippen molar-refractivity contribution in [1.29, 1.82) is 0 Å². The summed E-state index contributed by atoms with van der Waals surface area (Å²) in [4.78, 5) is 55.1. The summed E-state index contributed by atoms with van der Waals surface area (Å²) in [6.07, 6.45) is -0.769. The number of aromatic hydroxyl groups is 1. The minimum Gasteiger partial charge on any atom is -0.507 e. The minimum absolute atomic E-state index is 0.00189. The third-order valence-electron chi connectivity index (χ3n) is 8.34. The summed E-state index contributed by atoms with van der Waals surface area (Å²) >= 11 is 0. The van der Waals surface area contributed by atoms with Crippen molar-refractivity contribution in [2.45, 2.75) is 70.8 Å². The molecular weight excluding hydrogens is 512 g/mol. The Morgan fingerprint density at radius 2 is 1.68 bits per heavy atom. The summed E-state index contributed by atoms with van der Waals surface area (Å²) in [6.45, 7) is 7.17. The van der Waals surface area contributed by atoms with Crippen LogP contribution in [0.15, 0.2) is 54.6 Å². The number of hydrogen-bond donors (Lipinski definition) is 4. The molecule has 2 aromatic carbocycles. The maximum Gasteiger partial charge on any atom is 0.360 e. The Morgan fingerprint density at radius 3 is 2.30 bits per heavy atom. The predicted molar refractivity (Wildman–Crippen MR) is 147 cm³/mol. The van der Waals surface area contributed by atoms with Crippen molar-refractivity contribution in [3.63, 3.8) is 0 Å². The van der Waals surface area contributed by atoms with E-state index in [0.29, 0.717) is 6.42 Å². The fourth-order valence-electron chi connectivity index (χ4n) is 5.89. The lowest BCUT2D eigenvalue weighted by atomic mass is 9.91. The number of benzene rings is 2. The van der Waals surface area contributed by atoms with Gasteiger partial charge < -0.3 is 20.8 Å². The first-order valence-corrected chi connectivity index (χ1v) is 13.7. The zero-order chi connectivity index (χ0) is 29.4. The molecule has 2 aliphatic rings. The molecule has 0 aromatic heterocycles. The van der Waals surface area contributed by atoms with Crippen LogP contribution in [0.4, 0.5) is 0 Å². The molecule has 4 rings (SSSR count). The molecule has 0 saturated carbocycles. The molecule has 2 heterocycles. The average molecular weight is 552 g/mol. The van der Waals surface area contributed by atoms with E-state index in [1.807, 2.05) is 44.2 Å². The smallest absolute Gasteiger partial charge is 0.360 e. The number of quaternary nitrogens is 1. The van der Waals surface area contributed by atoms with Crippen LogP contribution in [-0.2, 0) is 20.8 Å². The van der Waals surface area contributed by atoms with Gasteiger partial charge in [0.15, 0.2) is 6.04 Å². The molecule has 10 nitrogen and oxygen atoms in total. The van der Waals surface area contributed by atoms with Gasteiger partial charge in [-0.2, -0.15) is 9.60 Å². The van der Waals surface area contributed by atoms with Gasteiger partial charge >= 0.3 is 5.91 Å². The standard InChI is InChI=1S/C30H38N4O6/c1-17(2)15-22-30(40)34(5)19(4)25(32-28(38)21-13-9-10-14-24(21)35)29(39)33(34)23(16-20-11-7-6-8-12-20)26(36)18(3)27(37)31-22/h6-14,17-19,22-23,25-26,36H,15-16H2,1-5H3,(H2-,31,32,35,37,38)/p+1. The Morgan fingerprint density at radius 1 is 1.05 bits per heavy atom. The van der Waals surface area contributed by atoms with Crippen molar-refractivity contribution < 1.29 is 34.0 Å². The molecule has 0 bridgehead atoms. The largest absolute Gasteiger partial charge is 0.507 e. The molecule has 2 fully saturated rings. The quantitative estimate of drug-likeness (QED) is 0.404. The lowest BCUT2D eigenvalue weighted by Gasteiger charge is -2.43. The Labute approximate surface area is 234 Å². The van der Waals surface area contributed by atoms with Gasteiger partial charge in [0, 0.05) is 6.42 Å². The molecule has 40 heavy (non-hydrogen) atoms. The van der Waals surface area contributed by atoms with Crippen LogP contribution < -0.4 is 10.6 Å². The van der Waals surface area contributed by atoms with Gasteiger partial charge in [-0.15, -0.1) is 0 Å². The Kier molecular flexibility index (Phi) is 8.32. The summed E-state index contributed by atoms with van der Waals surface area (Å²) < 4.78 is -0.538. The number of hydrogen-bond acceptors (Lipinski definition) is 6. The average Bonchev–Trinajstić information content (AvgIpc) is 3.11. The molecule has 2 aromatic rings. The molecule has 0 spiro atoms. The molecule has 4 amide bonds. The number of nitrogens with one attached hydrogen (secondary N) is 2. The number of para-hydroxylation sites is 1. The SMILES string of the molecule is CC(C)CC1NC(=O)C(C)C(O)C(Cc2ccccc2)N2C(=O)C(NC(=O)c3ccccc3O)C(C)[N+]2(C)C1=O. The van der Waals surface area contributed by atoms with E-state index in [4.69, 9.17) is 0 Å². The lowest BCUT2D eigenvalue weighted by molar-refractivity contribution is -0.954. The minimum atomic E-state index is -1.30. The molecule has 2 aliphatic heterocycles. The molecule has 4 N–H and O–H groups in total. The first kappa shape index (κ1) is 29.2. The van der Waals surface area contributed by atoms with Gasteiger partial charge in [0.1, 0.15) is 23.9 Å². The van der Waals surface area contributed by atoms with Crippen LogP contribution in [0.2, 0.25) is 0 Å². The van der Waals surface area contributed by atoms with Crippen LogP contribution in [0.1, 0.15) is 50.0 Å². The van der Waals surface area contributed by atoms with Gasteiger partial charge in [-0.05, 0) is 37.0 Å². The molecule has 2 saturated heterocycles. The zero-order valence-corrected chi connectivity index (χ0v) is 23.6. The molecule has 0 aliphatic carbocycles. The van der Waals surface area contributed by atoms with Gasteiger partial charge in [0.05, 0.1) is 24.6 Å². The van der Waals surface area contributed by atoms with Crippen LogP contribution in [-0.4, -0.2) is 80.8 Å². The normalized spacial score (nSPS) is 30.8. The van der Waals surface area contributed by atoms with E-state index in [2.05, 4.69) is 10.6 Å². The number of fused-ring (bicyclic) bond motifs is 1. The van der Waals surface area contributed by atoms with Gasteiger partial charge in [-0.1, -0.05) is 63.2 Å². The number of phenols is 1. The molecule has 0 radical (unpaired) electrons. The van der Waals surface area contributed by atoms with Crippen LogP contribution in [0, 0.1) is 11.8 Å². The molecule has 7 unspecified atom stereocenters. The number of aliphatic hydroxyl groups excluding tert-OH is 1. The van der Waals surface area contributed by atoms with Crippen LogP contribution in [0.5, 0.6) is 5.75 Å². The second-order valence-electron chi connectivity index (χ2n) is 11.5. The van der Waals surface area contributed by atoms with Crippen molar-refractivity contribution in [2.75, 3.05) is 7.05 Å². The molecule has 7 atom stereocenters. The van der Waals surface area contributed by atoms with E-state index in [1.165, 1.54) is 17.1 Å². The topological polar surface area (TPSA) is 136 Å². The second kappa shape index (κ2) is 11.4. The van der Waals surface area contributed by atoms with Crippen molar-refractivity contribution in [3.8, 4) is 5.75 Å². The first-order chi connectivity index (χ1) is 18.9. The number of carbonyl (C=O) groups excluding carboxylic acids is 4. The van der Waals surface area contributed by atoms with E-state index >= 15 is 0 Å². The summed E-state index contributed by atoms with van der Waals surface area (Å²) in [7, 11) is 1.61.